The third-order valence-electron chi connectivity index (χ3n) is 7.02. The predicted octanol–water partition coefficient (Wildman–Crippen LogP) is -1.69. The van der Waals surface area contributed by atoms with Crippen molar-refractivity contribution in [1.82, 2.24) is 44.5 Å². The number of aromatic nitrogens is 9. The van der Waals surface area contributed by atoms with Gasteiger partial charge in [0.15, 0.2) is 29.5 Å². The van der Waals surface area contributed by atoms with Gasteiger partial charge < -0.3 is 40.6 Å². The average Bonchev–Trinajstić information content (AvgIpc) is 3.68. The molecule has 2 aliphatic heterocycles. The lowest BCUT2D eigenvalue weighted by atomic mass is 10.1. The summed E-state index contributed by atoms with van der Waals surface area (Å²) in [6.45, 7) is -4.88. The summed E-state index contributed by atoms with van der Waals surface area (Å²) in [5, 5.41) is 31.9. The SMILES string of the molecule is Nc1nc2c(nnn2[C@@H]2O[C@H](CCO)[C@H](F)[C@H]2P(O)(=S)OC[C@H]2O[C@@H](c3cnn4c(N)ncnc34)C[C@@H]2O)c(=O)[nH]1. The van der Waals surface area contributed by atoms with Gasteiger partial charge in [0.1, 0.15) is 24.3 Å². The Bertz CT molecular complexity index is 1700. The molecule has 6 rings (SSSR count). The van der Waals surface area contributed by atoms with Gasteiger partial charge in [-0.05, 0) is 18.2 Å². The highest BCUT2D eigenvalue weighted by Gasteiger charge is 2.54. The lowest BCUT2D eigenvalue weighted by molar-refractivity contribution is -0.0251. The van der Waals surface area contributed by atoms with Crippen LogP contribution in [0.3, 0.4) is 0 Å². The minimum absolute atomic E-state index is 0.119. The number of nitrogens with one attached hydrogen (secondary N) is 1. The topological polar surface area (TPSA) is 260 Å². The van der Waals surface area contributed by atoms with Crippen molar-refractivity contribution in [3.8, 4) is 0 Å². The lowest BCUT2D eigenvalue weighted by Gasteiger charge is -2.28. The second kappa shape index (κ2) is 10.6. The fraction of sp³-hybridized carbons (Fsp3) is 0.550. The Hall–Kier alpha value is -3.23. The van der Waals surface area contributed by atoms with Crippen molar-refractivity contribution >= 4 is 47.0 Å². The van der Waals surface area contributed by atoms with Crippen LogP contribution in [0.1, 0.15) is 30.7 Å². The van der Waals surface area contributed by atoms with Crippen molar-refractivity contribution in [2.24, 2.45) is 0 Å². The molecule has 6 heterocycles. The van der Waals surface area contributed by atoms with Crippen LogP contribution in [0.5, 0.6) is 0 Å². The van der Waals surface area contributed by atoms with Crippen LogP contribution in [0.25, 0.3) is 16.8 Å². The third-order valence-corrected chi connectivity index (χ3v) is 9.88. The molecule has 21 heteroatoms. The summed E-state index contributed by atoms with van der Waals surface area (Å²) in [6.07, 6.45) is -4.27. The van der Waals surface area contributed by atoms with Crippen LogP contribution in [0, 0.1) is 0 Å². The number of anilines is 2. The number of halogens is 1. The normalized spacial score (nSPS) is 29.9. The molecule has 18 nitrogen and oxygen atoms in total. The fourth-order valence-electron chi connectivity index (χ4n) is 5.06. The molecule has 0 aliphatic carbocycles. The van der Waals surface area contributed by atoms with Gasteiger partial charge in [-0.3, -0.25) is 9.78 Å². The molecule has 4 aromatic rings. The minimum atomic E-state index is -4.09. The Morgan fingerprint density at radius 3 is 2.85 bits per heavy atom. The second-order valence-electron chi connectivity index (χ2n) is 9.56. The summed E-state index contributed by atoms with van der Waals surface area (Å²) in [7, 11) is 0. The maximum Gasteiger partial charge on any atom is 0.282 e. The number of hydrogen-bond acceptors (Lipinski definition) is 15. The Kier molecular flexibility index (Phi) is 7.19. The number of H-pyrrole nitrogens is 1. The van der Waals surface area contributed by atoms with E-state index < -0.39 is 61.1 Å². The van der Waals surface area contributed by atoms with E-state index in [9.17, 15) is 19.9 Å². The first-order valence-corrected chi connectivity index (χ1v) is 15.1. The molecule has 41 heavy (non-hydrogen) atoms. The molecule has 0 spiro atoms. The Balaban J connectivity index is 1.24. The van der Waals surface area contributed by atoms with Crippen molar-refractivity contribution in [2.45, 2.75) is 55.3 Å². The van der Waals surface area contributed by atoms with Crippen molar-refractivity contribution < 1.29 is 33.5 Å². The molecule has 1 unspecified atom stereocenters. The predicted molar refractivity (Wildman–Crippen MR) is 141 cm³/mol. The maximum absolute atomic E-state index is 15.7. The molecule has 0 aromatic carbocycles. The van der Waals surface area contributed by atoms with Gasteiger partial charge >= 0.3 is 0 Å². The van der Waals surface area contributed by atoms with Gasteiger partial charge in [0, 0.05) is 18.6 Å². The van der Waals surface area contributed by atoms with Crippen molar-refractivity contribution in [1.29, 1.82) is 0 Å². The number of nitrogen functional groups attached to an aromatic ring is 2. The number of alkyl halides is 1. The van der Waals surface area contributed by atoms with Crippen molar-refractivity contribution in [3.05, 3.63) is 28.4 Å². The standard InChI is InChI=1S/C20H25FN11O7PS/c21-12-9(1-2-33)39-18(31-16-13(29-30-31)17(35)28-19(22)27-16)14(12)40(36,41)37-5-11-8(34)3-10(38-11)7-4-26-32-15(7)24-6-25-20(32)23/h4,6,8-12,14,18,33-34H,1-3,5H2,(H,36,41)(H2,23,24,25)(H3,22,27,28,35)/t8-,9+,10+,11+,12-,14+,18+,40?/m0/s1. The first kappa shape index (κ1) is 27.9. The molecule has 0 bridgehead atoms. The van der Waals surface area contributed by atoms with Gasteiger partial charge in [0.2, 0.25) is 11.9 Å². The van der Waals surface area contributed by atoms with E-state index >= 15 is 4.39 Å². The van der Waals surface area contributed by atoms with Gasteiger partial charge in [0.25, 0.3) is 5.56 Å². The molecule has 220 valence electrons. The number of aliphatic hydroxyl groups excluding tert-OH is 2. The van der Waals surface area contributed by atoms with Crippen LogP contribution in [0.2, 0.25) is 0 Å². The molecule has 8 N–H and O–H groups in total. The zero-order valence-electron chi connectivity index (χ0n) is 21.0. The van der Waals surface area contributed by atoms with E-state index in [1.165, 1.54) is 17.0 Å². The van der Waals surface area contributed by atoms with Crippen molar-refractivity contribution in [3.63, 3.8) is 0 Å². The van der Waals surface area contributed by atoms with E-state index in [1.54, 1.807) is 0 Å². The molecule has 2 fully saturated rings. The van der Waals surface area contributed by atoms with Crippen LogP contribution >= 0.6 is 6.49 Å². The first-order chi connectivity index (χ1) is 19.6. The van der Waals surface area contributed by atoms with Gasteiger partial charge in [-0.15, -0.1) is 5.10 Å². The molecule has 2 saturated heterocycles. The highest BCUT2D eigenvalue weighted by Crippen LogP contribution is 2.59. The smallest absolute Gasteiger partial charge is 0.282 e. The van der Waals surface area contributed by atoms with Gasteiger partial charge in [-0.2, -0.15) is 19.3 Å². The summed E-state index contributed by atoms with van der Waals surface area (Å²) in [5.74, 6) is -0.122. The molecular weight excluding hydrogens is 588 g/mol. The largest absolute Gasteiger partial charge is 0.396 e. The molecular formula is C20H25FN11O7PS. The van der Waals surface area contributed by atoms with E-state index in [0.29, 0.717) is 11.2 Å². The lowest BCUT2D eigenvalue weighted by Crippen LogP contribution is -2.32. The summed E-state index contributed by atoms with van der Waals surface area (Å²) in [4.78, 5) is 37.9. The average molecular weight is 614 g/mol. The van der Waals surface area contributed by atoms with Crippen LogP contribution < -0.4 is 17.0 Å². The number of nitrogens with two attached hydrogens (primary N) is 2. The van der Waals surface area contributed by atoms with Gasteiger partial charge in [-0.1, -0.05) is 5.21 Å². The van der Waals surface area contributed by atoms with Crippen LogP contribution in [-0.2, 0) is 25.8 Å². The number of aromatic amines is 1. The van der Waals surface area contributed by atoms with E-state index in [1.807, 2.05) is 0 Å². The highest BCUT2D eigenvalue weighted by atomic mass is 32.5. The summed E-state index contributed by atoms with van der Waals surface area (Å²) in [6, 6.07) is 0. The number of nitrogens with zero attached hydrogens (tertiary/aromatic N) is 8. The number of hydrogen-bond donors (Lipinski definition) is 6. The Morgan fingerprint density at radius 2 is 2.07 bits per heavy atom. The molecule has 8 atom stereocenters. The number of ether oxygens (including phenoxy) is 2. The summed E-state index contributed by atoms with van der Waals surface area (Å²) in [5.41, 5.74) is 9.94. The molecule has 0 amide bonds. The molecule has 4 aromatic heterocycles. The van der Waals surface area contributed by atoms with Crippen LogP contribution in [0.15, 0.2) is 17.3 Å². The molecule has 0 radical (unpaired) electrons. The zero-order valence-corrected chi connectivity index (χ0v) is 22.7. The van der Waals surface area contributed by atoms with Gasteiger partial charge in [-0.25, -0.2) is 14.4 Å². The third kappa shape index (κ3) is 4.85. The minimum Gasteiger partial charge on any atom is -0.396 e. The Morgan fingerprint density at radius 1 is 1.27 bits per heavy atom. The number of rotatable bonds is 8. The van der Waals surface area contributed by atoms with Crippen LogP contribution in [0.4, 0.5) is 16.3 Å². The monoisotopic (exact) mass is 613 g/mol. The van der Waals surface area contributed by atoms with Crippen LogP contribution in [-0.4, -0.2) is 103 Å². The quantitative estimate of drug-likeness (QED) is 0.121. The number of fused-ring (bicyclic) bond motifs is 2. The molecule has 2 aliphatic rings. The van der Waals surface area contributed by atoms with E-state index in [0.717, 1.165) is 4.68 Å². The fourth-order valence-corrected chi connectivity index (χ4v) is 7.51. The molecule has 0 saturated carbocycles. The Labute approximate surface area is 233 Å². The summed E-state index contributed by atoms with van der Waals surface area (Å²) < 4.78 is 35.5. The first-order valence-electron chi connectivity index (χ1n) is 12.3. The summed E-state index contributed by atoms with van der Waals surface area (Å²) >= 11 is 5.41. The zero-order chi connectivity index (χ0) is 29.1. The maximum atomic E-state index is 15.7. The number of aliphatic hydroxyl groups is 2. The van der Waals surface area contributed by atoms with E-state index in [-0.39, 0.29) is 42.5 Å². The van der Waals surface area contributed by atoms with Crippen molar-refractivity contribution in [2.75, 3.05) is 24.7 Å². The second-order valence-corrected chi connectivity index (χ2v) is 13.1. The van der Waals surface area contributed by atoms with E-state index in [4.69, 9.17) is 37.3 Å². The van der Waals surface area contributed by atoms with Gasteiger partial charge in [0.05, 0.1) is 31.1 Å². The van der Waals surface area contributed by atoms with E-state index in [2.05, 4.69) is 35.3 Å². The highest BCUT2D eigenvalue weighted by molar-refractivity contribution is 8.09.